The van der Waals surface area contributed by atoms with E-state index >= 15 is 0 Å². The van der Waals surface area contributed by atoms with E-state index < -0.39 is 0 Å². The third kappa shape index (κ3) is 5.21. The van der Waals surface area contributed by atoms with Gasteiger partial charge in [-0.05, 0) is 23.6 Å². The summed E-state index contributed by atoms with van der Waals surface area (Å²) in [5.74, 6) is 2.12. The highest BCUT2D eigenvalue weighted by Crippen LogP contribution is 2.18. The number of rotatable bonds is 7. The summed E-state index contributed by atoms with van der Waals surface area (Å²) in [5, 5.41) is 3.32. The van der Waals surface area contributed by atoms with Gasteiger partial charge in [0.25, 0.3) is 0 Å². The summed E-state index contributed by atoms with van der Waals surface area (Å²) in [6.45, 7) is 6.39. The summed E-state index contributed by atoms with van der Waals surface area (Å²) in [5.41, 5.74) is 0.843. The van der Waals surface area contributed by atoms with Crippen LogP contribution in [-0.2, 0) is 19.6 Å². The standard InChI is InChI=1S/C19H28FN5O/c1-14(2)12-25-9-8-22-18(25)11-23-19(21-3)24(4)13-15-6-7-17(26-5)16(20)10-15/h6-10,14H,11-13H2,1-5H3,(H,21,23). The van der Waals surface area contributed by atoms with E-state index in [9.17, 15) is 4.39 Å². The summed E-state index contributed by atoms with van der Waals surface area (Å²) in [6.07, 6.45) is 3.80. The summed E-state index contributed by atoms with van der Waals surface area (Å²) >= 11 is 0. The van der Waals surface area contributed by atoms with Crippen LogP contribution in [0.4, 0.5) is 4.39 Å². The summed E-state index contributed by atoms with van der Waals surface area (Å²) in [7, 11) is 5.10. The van der Waals surface area contributed by atoms with Crippen LogP contribution in [0.5, 0.6) is 5.75 Å². The number of methoxy groups -OCH3 is 1. The highest BCUT2D eigenvalue weighted by atomic mass is 19.1. The number of hydrogen-bond acceptors (Lipinski definition) is 3. The minimum absolute atomic E-state index is 0.246. The zero-order chi connectivity index (χ0) is 19.1. The molecule has 0 saturated heterocycles. The van der Waals surface area contributed by atoms with Gasteiger partial charge in [0.2, 0.25) is 0 Å². The third-order valence-electron chi connectivity index (χ3n) is 3.98. The molecule has 0 saturated carbocycles. The fourth-order valence-electron chi connectivity index (χ4n) is 2.77. The zero-order valence-corrected chi connectivity index (χ0v) is 16.2. The Morgan fingerprint density at radius 3 is 2.81 bits per heavy atom. The van der Waals surface area contributed by atoms with Crippen molar-refractivity contribution in [2.24, 2.45) is 10.9 Å². The molecule has 0 fully saturated rings. The monoisotopic (exact) mass is 361 g/mol. The number of aromatic nitrogens is 2. The van der Waals surface area contributed by atoms with Crippen molar-refractivity contribution in [3.8, 4) is 5.75 Å². The molecule has 2 aromatic rings. The lowest BCUT2D eigenvalue weighted by molar-refractivity contribution is 0.385. The van der Waals surface area contributed by atoms with Gasteiger partial charge < -0.3 is 19.5 Å². The lowest BCUT2D eigenvalue weighted by atomic mass is 10.2. The molecule has 0 amide bonds. The van der Waals surface area contributed by atoms with Crippen LogP contribution in [0, 0.1) is 11.7 Å². The van der Waals surface area contributed by atoms with Gasteiger partial charge in [0.1, 0.15) is 5.82 Å². The lowest BCUT2D eigenvalue weighted by Gasteiger charge is -2.22. The van der Waals surface area contributed by atoms with E-state index in [2.05, 4.69) is 33.7 Å². The second kappa shape index (κ2) is 9.22. The van der Waals surface area contributed by atoms with Gasteiger partial charge in [-0.15, -0.1) is 0 Å². The number of guanidine groups is 1. The summed E-state index contributed by atoms with van der Waals surface area (Å²) < 4.78 is 21.0. The van der Waals surface area contributed by atoms with Crippen molar-refractivity contribution in [2.45, 2.75) is 33.5 Å². The summed E-state index contributed by atoms with van der Waals surface area (Å²) in [6, 6.07) is 4.97. The number of aliphatic imine (C=N–C) groups is 1. The minimum atomic E-state index is -0.364. The van der Waals surface area contributed by atoms with Crippen molar-refractivity contribution >= 4 is 5.96 Å². The van der Waals surface area contributed by atoms with Crippen molar-refractivity contribution in [3.63, 3.8) is 0 Å². The van der Waals surface area contributed by atoms with Crippen LogP contribution in [0.3, 0.4) is 0 Å². The molecule has 0 atom stereocenters. The number of ether oxygens (including phenoxy) is 1. The first-order chi connectivity index (χ1) is 12.4. The number of hydrogen-bond donors (Lipinski definition) is 1. The molecule has 0 bridgehead atoms. The predicted octanol–water partition coefficient (Wildman–Crippen LogP) is 2.89. The number of nitrogens with one attached hydrogen (secondary N) is 1. The molecule has 26 heavy (non-hydrogen) atoms. The third-order valence-corrected chi connectivity index (χ3v) is 3.98. The molecular formula is C19H28FN5O. The van der Waals surface area contributed by atoms with Crippen molar-refractivity contribution < 1.29 is 9.13 Å². The van der Waals surface area contributed by atoms with Crippen molar-refractivity contribution in [3.05, 3.63) is 47.8 Å². The van der Waals surface area contributed by atoms with Gasteiger partial charge >= 0.3 is 0 Å². The smallest absolute Gasteiger partial charge is 0.194 e. The SMILES string of the molecule is CN=C(NCc1nccn1CC(C)C)N(C)Cc1ccc(OC)c(F)c1. The van der Waals surface area contributed by atoms with Gasteiger partial charge in [-0.3, -0.25) is 4.99 Å². The Morgan fingerprint density at radius 2 is 2.19 bits per heavy atom. The van der Waals surface area contributed by atoms with E-state index in [4.69, 9.17) is 4.74 Å². The first-order valence-electron chi connectivity index (χ1n) is 8.68. The molecule has 7 heteroatoms. The van der Waals surface area contributed by atoms with E-state index in [-0.39, 0.29) is 11.6 Å². The van der Waals surface area contributed by atoms with Gasteiger partial charge in [0, 0.05) is 39.6 Å². The Hall–Kier alpha value is -2.57. The fourth-order valence-corrected chi connectivity index (χ4v) is 2.77. The van der Waals surface area contributed by atoms with Crippen LogP contribution in [0.1, 0.15) is 25.2 Å². The van der Waals surface area contributed by atoms with Crippen molar-refractivity contribution in [2.75, 3.05) is 21.2 Å². The highest BCUT2D eigenvalue weighted by Gasteiger charge is 2.11. The molecule has 1 aromatic heterocycles. The fraction of sp³-hybridized carbons (Fsp3) is 0.474. The molecule has 0 unspecified atom stereocenters. The van der Waals surface area contributed by atoms with Crippen LogP contribution < -0.4 is 10.1 Å². The molecule has 0 aliphatic carbocycles. The quantitative estimate of drug-likeness (QED) is 0.609. The highest BCUT2D eigenvalue weighted by molar-refractivity contribution is 5.79. The Bertz CT molecular complexity index is 741. The second-order valence-corrected chi connectivity index (χ2v) is 6.62. The maximum Gasteiger partial charge on any atom is 0.194 e. The van der Waals surface area contributed by atoms with E-state index in [0.29, 0.717) is 19.0 Å². The van der Waals surface area contributed by atoms with Gasteiger partial charge in [0.05, 0.1) is 13.7 Å². The molecule has 0 spiro atoms. The zero-order valence-electron chi connectivity index (χ0n) is 16.2. The van der Waals surface area contributed by atoms with Crippen molar-refractivity contribution in [1.82, 2.24) is 19.8 Å². The largest absolute Gasteiger partial charge is 0.494 e. The molecule has 0 radical (unpaired) electrons. The lowest BCUT2D eigenvalue weighted by Crippen LogP contribution is -2.38. The Balaban J connectivity index is 1.98. The first-order valence-corrected chi connectivity index (χ1v) is 8.68. The number of imidazole rings is 1. The minimum Gasteiger partial charge on any atom is -0.494 e. The Kier molecular flexibility index (Phi) is 7.00. The van der Waals surface area contributed by atoms with Crippen LogP contribution in [0.15, 0.2) is 35.6 Å². The van der Waals surface area contributed by atoms with Gasteiger partial charge in [-0.1, -0.05) is 19.9 Å². The van der Waals surface area contributed by atoms with E-state index in [1.54, 1.807) is 13.1 Å². The van der Waals surface area contributed by atoms with Crippen LogP contribution in [0.25, 0.3) is 0 Å². The molecule has 1 heterocycles. The molecule has 1 N–H and O–H groups in total. The topological polar surface area (TPSA) is 54.7 Å². The molecular weight excluding hydrogens is 333 g/mol. The van der Waals surface area contributed by atoms with Crippen LogP contribution in [-0.4, -0.2) is 41.6 Å². The first kappa shape index (κ1) is 19.8. The molecule has 2 rings (SSSR count). The van der Waals surface area contributed by atoms with Crippen molar-refractivity contribution in [1.29, 1.82) is 0 Å². The van der Waals surface area contributed by atoms with E-state index in [0.717, 1.165) is 23.9 Å². The molecule has 0 aliphatic heterocycles. The molecule has 142 valence electrons. The summed E-state index contributed by atoms with van der Waals surface area (Å²) in [4.78, 5) is 10.7. The van der Waals surface area contributed by atoms with E-state index in [1.165, 1.54) is 13.2 Å². The van der Waals surface area contributed by atoms with Gasteiger partial charge in [-0.25, -0.2) is 9.37 Å². The average molecular weight is 361 g/mol. The molecule has 0 aliphatic rings. The van der Waals surface area contributed by atoms with Crippen LogP contribution in [0.2, 0.25) is 0 Å². The predicted molar refractivity (Wildman–Crippen MR) is 102 cm³/mol. The maximum absolute atomic E-state index is 13.9. The van der Waals surface area contributed by atoms with Gasteiger partial charge in [-0.2, -0.15) is 0 Å². The Labute approximate surface area is 154 Å². The van der Waals surface area contributed by atoms with Crippen LogP contribution >= 0.6 is 0 Å². The number of halogens is 1. The average Bonchev–Trinajstić information content (AvgIpc) is 3.02. The number of nitrogens with zero attached hydrogens (tertiary/aromatic N) is 4. The molecule has 6 nitrogen and oxygen atoms in total. The number of benzene rings is 1. The normalized spacial score (nSPS) is 11.7. The Morgan fingerprint density at radius 1 is 1.42 bits per heavy atom. The van der Waals surface area contributed by atoms with Gasteiger partial charge in [0.15, 0.2) is 17.5 Å². The van der Waals surface area contributed by atoms with E-state index in [1.807, 2.05) is 30.4 Å². The molecule has 1 aromatic carbocycles. The second-order valence-electron chi connectivity index (χ2n) is 6.62. The maximum atomic E-state index is 13.9.